The van der Waals surface area contributed by atoms with E-state index >= 15 is 0 Å². The molecule has 0 spiro atoms. The quantitative estimate of drug-likeness (QED) is 0.884. The van der Waals surface area contributed by atoms with Gasteiger partial charge in [0.25, 0.3) is 5.91 Å². The average Bonchev–Trinajstić information content (AvgIpc) is 3.09. The van der Waals surface area contributed by atoms with Gasteiger partial charge in [-0.3, -0.25) is 4.79 Å². The molecule has 1 N–H and O–H groups in total. The molecule has 0 saturated heterocycles. The van der Waals surface area contributed by atoms with Gasteiger partial charge in [0.05, 0.1) is 0 Å². The highest BCUT2D eigenvalue weighted by molar-refractivity contribution is 9.10. The summed E-state index contributed by atoms with van der Waals surface area (Å²) in [6.07, 6.45) is 7.49. The minimum absolute atomic E-state index is 0.0622. The molecule has 3 rings (SSSR count). The number of carbonyl (C=O) groups excluding carboxylic acids is 1. The standard InChI is InChI=1S/C16H23BrN2O/c1-10(2)19-9-14(17)7-15(19)16(20)18-8-13-6-11-3-4-12(13)5-11/h7,9-13H,3-6,8H2,1-2H3,(H,18,20). The fourth-order valence-corrected chi connectivity index (χ4v) is 4.43. The van der Waals surface area contributed by atoms with Crippen molar-refractivity contribution < 1.29 is 4.79 Å². The molecule has 20 heavy (non-hydrogen) atoms. The normalized spacial score (nSPS) is 28.3. The third-order valence-electron chi connectivity index (χ3n) is 5.01. The lowest BCUT2D eigenvalue weighted by molar-refractivity contribution is 0.0931. The van der Waals surface area contributed by atoms with E-state index in [0.29, 0.717) is 12.0 Å². The molecule has 0 aromatic carbocycles. The van der Waals surface area contributed by atoms with Crippen LogP contribution in [0.2, 0.25) is 0 Å². The van der Waals surface area contributed by atoms with E-state index in [9.17, 15) is 4.79 Å². The molecule has 4 heteroatoms. The molecule has 1 aromatic rings. The van der Waals surface area contributed by atoms with Crippen LogP contribution >= 0.6 is 15.9 Å². The number of amides is 1. The largest absolute Gasteiger partial charge is 0.350 e. The molecule has 1 heterocycles. The Labute approximate surface area is 129 Å². The number of carbonyl (C=O) groups is 1. The van der Waals surface area contributed by atoms with Gasteiger partial charge in [0.1, 0.15) is 5.69 Å². The maximum absolute atomic E-state index is 12.4. The van der Waals surface area contributed by atoms with Crippen molar-refractivity contribution in [3.63, 3.8) is 0 Å². The third-order valence-corrected chi connectivity index (χ3v) is 5.45. The Morgan fingerprint density at radius 1 is 1.45 bits per heavy atom. The third kappa shape index (κ3) is 2.67. The lowest BCUT2D eigenvalue weighted by Crippen LogP contribution is -2.32. The van der Waals surface area contributed by atoms with Crippen molar-refractivity contribution in [2.45, 2.75) is 45.6 Å². The van der Waals surface area contributed by atoms with Gasteiger partial charge in [-0.1, -0.05) is 6.42 Å². The van der Waals surface area contributed by atoms with Crippen LogP contribution in [-0.2, 0) is 0 Å². The fourth-order valence-electron chi connectivity index (χ4n) is 4.00. The first-order chi connectivity index (χ1) is 9.54. The van der Waals surface area contributed by atoms with Gasteiger partial charge >= 0.3 is 0 Å². The fraction of sp³-hybridized carbons (Fsp3) is 0.688. The van der Waals surface area contributed by atoms with Crippen molar-refractivity contribution in [2.75, 3.05) is 6.54 Å². The number of fused-ring (bicyclic) bond motifs is 2. The average molecular weight is 339 g/mol. The first-order valence-electron chi connectivity index (χ1n) is 7.70. The van der Waals surface area contributed by atoms with Crippen LogP contribution in [0.25, 0.3) is 0 Å². The molecular formula is C16H23BrN2O. The molecule has 3 atom stereocenters. The summed E-state index contributed by atoms with van der Waals surface area (Å²) in [6, 6.07) is 2.21. The van der Waals surface area contributed by atoms with Gasteiger partial charge in [-0.25, -0.2) is 0 Å². The molecule has 2 saturated carbocycles. The van der Waals surface area contributed by atoms with Crippen molar-refractivity contribution in [3.05, 3.63) is 22.4 Å². The van der Waals surface area contributed by atoms with E-state index in [1.807, 2.05) is 16.8 Å². The van der Waals surface area contributed by atoms with Crippen molar-refractivity contribution in [2.24, 2.45) is 17.8 Å². The van der Waals surface area contributed by atoms with Crippen molar-refractivity contribution in [1.29, 1.82) is 0 Å². The molecule has 2 aliphatic carbocycles. The lowest BCUT2D eigenvalue weighted by atomic mass is 9.89. The Kier molecular flexibility index (Phi) is 3.93. The summed E-state index contributed by atoms with van der Waals surface area (Å²) < 4.78 is 3.00. The zero-order valence-electron chi connectivity index (χ0n) is 12.2. The van der Waals surface area contributed by atoms with Gasteiger partial charge in [0.15, 0.2) is 0 Å². The number of aromatic nitrogens is 1. The second-order valence-electron chi connectivity index (χ2n) is 6.69. The number of nitrogens with one attached hydrogen (secondary N) is 1. The van der Waals surface area contributed by atoms with E-state index in [2.05, 4.69) is 35.1 Å². The summed E-state index contributed by atoms with van der Waals surface area (Å²) in [5.41, 5.74) is 0.759. The molecule has 0 radical (unpaired) electrons. The summed E-state index contributed by atoms with van der Waals surface area (Å²) in [7, 11) is 0. The van der Waals surface area contributed by atoms with E-state index in [4.69, 9.17) is 0 Å². The van der Waals surface area contributed by atoms with Crippen LogP contribution in [0.3, 0.4) is 0 Å². The zero-order valence-corrected chi connectivity index (χ0v) is 13.8. The van der Waals surface area contributed by atoms with Gasteiger partial charge in [-0.05, 0) is 72.9 Å². The smallest absolute Gasteiger partial charge is 0.267 e. The predicted octanol–water partition coefficient (Wildman–Crippen LogP) is 4.00. The van der Waals surface area contributed by atoms with E-state index in [-0.39, 0.29) is 5.91 Å². The Hall–Kier alpha value is -0.770. The summed E-state index contributed by atoms with van der Waals surface area (Å²) in [5, 5.41) is 3.15. The molecule has 2 fully saturated rings. The topological polar surface area (TPSA) is 34.0 Å². The second kappa shape index (κ2) is 5.55. The zero-order chi connectivity index (χ0) is 14.3. The van der Waals surface area contributed by atoms with Gasteiger partial charge in [-0.2, -0.15) is 0 Å². The Balaban J connectivity index is 1.62. The Morgan fingerprint density at radius 2 is 2.25 bits per heavy atom. The SMILES string of the molecule is CC(C)n1cc(Br)cc1C(=O)NCC1CC2CCC1C2. The van der Waals surface area contributed by atoms with Crippen LogP contribution in [-0.4, -0.2) is 17.0 Å². The van der Waals surface area contributed by atoms with E-state index in [1.165, 1.54) is 25.7 Å². The monoisotopic (exact) mass is 338 g/mol. The molecule has 1 amide bonds. The number of nitrogens with zero attached hydrogens (tertiary/aromatic N) is 1. The molecule has 2 aliphatic rings. The predicted molar refractivity (Wildman–Crippen MR) is 83.8 cm³/mol. The summed E-state index contributed by atoms with van der Waals surface area (Å²) in [6.45, 7) is 5.04. The second-order valence-corrected chi connectivity index (χ2v) is 7.61. The number of hydrogen-bond acceptors (Lipinski definition) is 1. The van der Waals surface area contributed by atoms with Crippen LogP contribution in [0.15, 0.2) is 16.7 Å². The van der Waals surface area contributed by atoms with Crippen molar-refractivity contribution in [3.8, 4) is 0 Å². The highest BCUT2D eigenvalue weighted by atomic mass is 79.9. The molecule has 3 unspecified atom stereocenters. The highest BCUT2D eigenvalue weighted by Gasteiger charge is 2.39. The van der Waals surface area contributed by atoms with Gasteiger partial charge < -0.3 is 9.88 Å². The first kappa shape index (κ1) is 14.2. The highest BCUT2D eigenvalue weighted by Crippen LogP contribution is 2.47. The minimum Gasteiger partial charge on any atom is -0.350 e. The van der Waals surface area contributed by atoms with Gasteiger partial charge in [0.2, 0.25) is 0 Å². The maximum atomic E-state index is 12.4. The summed E-state index contributed by atoms with van der Waals surface area (Å²) in [5.74, 6) is 2.58. The van der Waals surface area contributed by atoms with Crippen LogP contribution < -0.4 is 5.32 Å². The Morgan fingerprint density at radius 3 is 2.85 bits per heavy atom. The summed E-state index contributed by atoms with van der Waals surface area (Å²) >= 11 is 3.46. The molecular weight excluding hydrogens is 316 g/mol. The minimum atomic E-state index is 0.0622. The number of halogens is 1. The van der Waals surface area contributed by atoms with Crippen molar-refractivity contribution >= 4 is 21.8 Å². The maximum Gasteiger partial charge on any atom is 0.267 e. The first-order valence-corrected chi connectivity index (χ1v) is 8.49. The van der Waals surface area contributed by atoms with E-state index in [1.54, 1.807) is 0 Å². The lowest BCUT2D eigenvalue weighted by Gasteiger charge is -2.22. The van der Waals surface area contributed by atoms with Crippen LogP contribution in [0.1, 0.15) is 56.1 Å². The van der Waals surface area contributed by atoms with Crippen LogP contribution in [0.5, 0.6) is 0 Å². The number of hydrogen-bond donors (Lipinski definition) is 1. The van der Waals surface area contributed by atoms with Crippen LogP contribution in [0.4, 0.5) is 0 Å². The molecule has 3 nitrogen and oxygen atoms in total. The Bertz CT molecular complexity index is 509. The van der Waals surface area contributed by atoms with E-state index in [0.717, 1.165) is 28.5 Å². The molecule has 1 aromatic heterocycles. The van der Waals surface area contributed by atoms with Crippen molar-refractivity contribution in [1.82, 2.24) is 9.88 Å². The molecule has 2 bridgehead atoms. The van der Waals surface area contributed by atoms with Crippen LogP contribution in [0, 0.1) is 17.8 Å². The number of rotatable bonds is 4. The molecule has 110 valence electrons. The van der Waals surface area contributed by atoms with Gasteiger partial charge in [-0.15, -0.1) is 0 Å². The summed E-state index contributed by atoms with van der Waals surface area (Å²) in [4.78, 5) is 12.4. The van der Waals surface area contributed by atoms with E-state index < -0.39 is 0 Å². The van der Waals surface area contributed by atoms with Gasteiger partial charge in [0, 0.05) is 23.3 Å². The molecule has 0 aliphatic heterocycles.